The number of halogens is 2. The van der Waals surface area contributed by atoms with Crippen LogP contribution in [0.2, 0.25) is 10.0 Å². The van der Waals surface area contributed by atoms with Crippen molar-refractivity contribution in [1.82, 2.24) is 0 Å². The molecule has 2 aromatic rings. The molecule has 2 rings (SSSR count). The molecule has 116 valence electrons. The summed E-state index contributed by atoms with van der Waals surface area (Å²) in [6, 6.07) is 12.5. The first-order chi connectivity index (χ1) is 10.6. The summed E-state index contributed by atoms with van der Waals surface area (Å²) < 4.78 is 4.88. The second-order valence-corrected chi connectivity index (χ2v) is 5.31. The van der Waals surface area contributed by atoms with Crippen LogP contribution in [0.1, 0.15) is 5.56 Å². The summed E-state index contributed by atoms with van der Waals surface area (Å²) in [5, 5.41) is 12.8. The molecule has 2 N–H and O–H groups in total. The monoisotopic (exact) mass is 339 g/mol. The van der Waals surface area contributed by atoms with E-state index in [0.717, 1.165) is 11.3 Å². The number of para-hydroxylation sites is 2. The maximum Gasteiger partial charge on any atom is 0.310 e. The van der Waals surface area contributed by atoms with E-state index < -0.39 is 5.97 Å². The van der Waals surface area contributed by atoms with Crippen molar-refractivity contribution in [2.24, 2.45) is 0 Å². The van der Waals surface area contributed by atoms with Gasteiger partial charge in [0.2, 0.25) is 0 Å². The van der Waals surface area contributed by atoms with Gasteiger partial charge in [-0.3, -0.25) is 4.79 Å². The molecule has 0 saturated carbocycles. The molecule has 0 unspecified atom stereocenters. The minimum atomic E-state index is -0.409. The number of benzene rings is 2. The highest BCUT2D eigenvalue weighted by atomic mass is 35.5. The van der Waals surface area contributed by atoms with Crippen LogP contribution in [0.5, 0.6) is 0 Å². The molecule has 0 aliphatic carbocycles. The summed E-state index contributed by atoms with van der Waals surface area (Å²) in [5.41, 5.74) is 2.06. The van der Waals surface area contributed by atoms with Crippen molar-refractivity contribution in [3.05, 3.63) is 58.1 Å². The number of carbonyl (C=O) groups excluding carboxylic acids is 1. The maximum atomic E-state index is 11.7. The number of anilines is 2. The van der Waals surface area contributed by atoms with Crippen LogP contribution in [-0.2, 0) is 16.0 Å². The molecule has 0 atom stereocenters. The molecule has 0 aliphatic rings. The predicted octanol–water partition coefficient (Wildman–Crippen LogP) is 3.82. The van der Waals surface area contributed by atoms with E-state index in [1.807, 2.05) is 24.3 Å². The zero-order chi connectivity index (χ0) is 15.9. The summed E-state index contributed by atoms with van der Waals surface area (Å²) in [6.45, 7) is -0.203. The number of ether oxygens (including phenoxy) is 1. The molecular formula is C16H15Cl2NO3. The summed E-state index contributed by atoms with van der Waals surface area (Å²) >= 11 is 12.3. The van der Waals surface area contributed by atoms with Crippen molar-refractivity contribution in [1.29, 1.82) is 0 Å². The predicted molar refractivity (Wildman–Crippen MR) is 87.9 cm³/mol. The van der Waals surface area contributed by atoms with Crippen molar-refractivity contribution < 1.29 is 14.6 Å². The second kappa shape index (κ2) is 8.03. The summed E-state index contributed by atoms with van der Waals surface area (Å²) in [4.78, 5) is 11.7. The van der Waals surface area contributed by atoms with Gasteiger partial charge in [-0.15, -0.1) is 0 Å². The standard InChI is InChI=1S/C16H15Cl2NO3/c17-12-5-3-6-13(18)16(12)19-14-7-2-1-4-11(14)10-15(21)22-9-8-20/h1-7,19-20H,8-10H2. The lowest BCUT2D eigenvalue weighted by molar-refractivity contribution is -0.143. The molecule has 0 spiro atoms. The van der Waals surface area contributed by atoms with Crippen molar-refractivity contribution >= 4 is 40.5 Å². The van der Waals surface area contributed by atoms with Crippen LogP contribution in [-0.4, -0.2) is 24.3 Å². The van der Waals surface area contributed by atoms with Gasteiger partial charge in [0.1, 0.15) is 6.61 Å². The molecule has 0 saturated heterocycles. The maximum absolute atomic E-state index is 11.7. The van der Waals surface area contributed by atoms with E-state index in [4.69, 9.17) is 33.0 Å². The Morgan fingerprint density at radius 3 is 2.45 bits per heavy atom. The van der Waals surface area contributed by atoms with Crippen LogP contribution in [0, 0.1) is 0 Å². The van der Waals surface area contributed by atoms with Crippen molar-refractivity contribution in [2.45, 2.75) is 6.42 Å². The normalized spacial score (nSPS) is 10.3. The highest BCUT2D eigenvalue weighted by Crippen LogP contribution is 2.33. The van der Waals surface area contributed by atoms with Crippen molar-refractivity contribution in [3.63, 3.8) is 0 Å². The third kappa shape index (κ3) is 4.37. The Bertz CT molecular complexity index is 641. The topological polar surface area (TPSA) is 58.6 Å². The number of aliphatic hydroxyl groups is 1. The first kappa shape index (κ1) is 16.6. The van der Waals surface area contributed by atoms with E-state index >= 15 is 0 Å². The number of hydrogen-bond donors (Lipinski definition) is 2. The van der Waals surface area contributed by atoms with Crippen LogP contribution in [0.15, 0.2) is 42.5 Å². The van der Waals surface area contributed by atoms with Gasteiger partial charge in [0.05, 0.1) is 28.8 Å². The Kier molecular flexibility index (Phi) is 6.07. The number of hydrogen-bond acceptors (Lipinski definition) is 4. The van der Waals surface area contributed by atoms with Crippen LogP contribution >= 0.6 is 23.2 Å². The molecule has 0 aromatic heterocycles. The zero-order valence-electron chi connectivity index (χ0n) is 11.7. The molecule has 22 heavy (non-hydrogen) atoms. The lowest BCUT2D eigenvalue weighted by atomic mass is 10.1. The molecule has 0 fully saturated rings. The molecule has 4 nitrogen and oxygen atoms in total. The molecule has 0 bridgehead atoms. The van der Waals surface area contributed by atoms with E-state index in [2.05, 4.69) is 5.32 Å². The van der Waals surface area contributed by atoms with Gasteiger partial charge in [0, 0.05) is 5.69 Å². The molecule has 2 aromatic carbocycles. The van der Waals surface area contributed by atoms with Crippen molar-refractivity contribution in [3.8, 4) is 0 Å². The number of esters is 1. The van der Waals surface area contributed by atoms with E-state index in [1.165, 1.54) is 0 Å². The van der Waals surface area contributed by atoms with Gasteiger partial charge < -0.3 is 15.2 Å². The van der Waals surface area contributed by atoms with Gasteiger partial charge in [-0.2, -0.15) is 0 Å². The molecular weight excluding hydrogens is 325 g/mol. The van der Waals surface area contributed by atoms with Crippen molar-refractivity contribution in [2.75, 3.05) is 18.5 Å². The highest BCUT2D eigenvalue weighted by Gasteiger charge is 2.11. The van der Waals surface area contributed by atoms with Gasteiger partial charge in [-0.05, 0) is 23.8 Å². The fourth-order valence-corrected chi connectivity index (χ4v) is 2.41. The smallest absolute Gasteiger partial charge is 0.310 e. The van der Waals surface area contributed by atoms with Crippen LogP contribution in [0.25, 0.3) is 0 Å². The Balaban J connectivity index is 2.20. The molecule has 0 amide bonds. The Labute approximate surface area is 138 Å². The Morgan fingerprint density at radius 1 is 1.09 bits per heavy atom. The summed E-state index contributed by atoms with van der Waals surface area (Å²) in [7, 11) is 0. The number of carbonyl (C=O) groups is 1. The zero-order valence-corrected chi connectivity index (χ0v) is 13.2. The van der Waals surface area contributed by atoms with E-state index in [1.54, 1.807) is 18.2 Å². The lowest BCUT2D eigenvalue weighted by Crippen LogP contribution is -2.12. The molecule has 0 aliphatic heterocycles. The summed E-state index contributed by atoms with van der Waals surface area (Å²) in [6.07, 6.45) is 0.0885. The average Bonchev–Trinajstić information content (AvgIpc) is 2.50. The van der Waals surface area contributed by atoms with Crippen LogP contribution in [0.3, 0.4) is 0 Å². The average molecular weight is 340 g/mol. The number of rotatable bonds is 6. The van der Waals surface area contributed by atoms with Gasteiger partial charge in [0.15, 0.2) is 0 Å². The van der Waals surface area contributed by atoms with Gasteiger partial charge in [-0.25, -0.2) is 0 Å². The number of aliphatic hydroxyl groups excluding tert-OH is 1. The van der Waals surface area contributed by atoms with E-state index in [-0.39, 0.29) is 19.6 Å². The quantitative estimate of drug-likeness (QED) is 0.785. The third-order valence-electron chi connectivity index (χ3n) is 2.93. The first-order valence-corrected chi connectivity index (χ1v) is 7.43. The van der Waals surface area contributed by atoms with Crippen LogP contribution in [0.4, 0.5) is 11.4 Å². The fraction of sp³-hybridized carbons (Fsp3) is 0.188. The first-order valence-electron chi connectivity index (χ1n) is 6.67. The fourth-order valence-electron chi connectivity index (χ4n) is 1.91. The van der Waals surface area contributed by atoms with Gasteiger partial charge in [0.25, 0.3) is 0 Å². The van der Waals surface area contributed by atoms with Crippen LogP contribution < -0.4 is 5.32 Å². The number of nitrogens with one attached hydrogen (secondary N) is 1. The highest BCUT2D eigenvalue weighted by molar-refractivity contribution is 6.39. The van der Waals surface area contributed by atoms with Gasteiger partial charge >= 0.3 is 5.97 Å². The third-order valence-corrected chi connectivity index (χ3v) is 3.56. The summed E-state index contributed by atoms with van der Waals surface area (Å²) in [5.74, 6) is -0.409. The lowest BCUT2D eigenvalue weighted by Gasteiger charge is -2.14. The Morgan fingerprint density at radius 2 is 1.77 bits per heavy atom. The van der Waals surface area contributed by atoms with Gasteiger partial charge in [-0.1, -0.05) is 47.5 Å². The molecule has 6 heteroatoms. The molecule has 0 radical (unpaired) electrons. The SMILES string of the molecule is O=C(Cc1ccccc1Nc1c(Cl)cccc1Cl)OCCO. The second-order valence-electron chi connectivity index (χ2n) is 4.50. The van der Waals surface area contributed by atoms with E-state index in [0.29, 0.717) is 15.7 Å². The minimum Gasteiger partial charge on any atom is -0.463 e. The molecule has 0 heterocycles. The largest absolute Gasteiger partial charge is 0.463 e. The minimum absolute atomic E-state index is 0.00916. The van der Waals surface area contributed by atoms with E-state index in [9.17, 15) is 4.79 Å². The Hall–Kier alpha value is -1.75.